The highest BCUT2D eigenvalue weighted by atomic mass is 35.5. The highest BCUT2D eigenvalue weighted by Crippen LogP contribution is 2.22. The van der Waals surface area contributed by atoms with Gasteiger partial charge in [0.15, 0.2) is 0 Å². The topological polar surface area (TPSA) is 69.6 Å². The van der Waals surface area contributed by atoms with Gasteiger partial charge < -0.3 is 15.3 Å². The minimum absolute atomic E-state index is 0.170. The van der Waals surface area contributed by atoms with Gasteiger partial charge in [-0.1, -0.05) is 23.7 Å². The first kappa shape index (κ1) is 17.3. The van der Waals surface area contributed by atoms with E-state index in [2.05, 4.69) is 5.32 Å². The van der Waals surface area contributed by atoms with Gasteiger partial charge >= 0.3 is 12.0 Å². The normalized spacial score (nSPS) is 14.9. The molecule has 1 rings (SSSR count). The average molecular weight is 313 g/mol. The summed E-state index contributed by atoms with van der Waals surface area (Å²) in [5.74, 6) is -1.59. The molecule has 2 N–H and O–H groups in total. The highest BCUT2D eigenvalue weighted by Gasteiger charge is 2.24. The van der Waals surface area contributed by atoms with E-state index in [0.717, 1.165) is 5.56 Å². The van der Waals surface area contributed by atoms with E-state index >= 15 is 0 Å². The number of benzene rings is 1. The van der Waals surface area contributed by atoms with Crippen LogP contribution in [0.1, 0.15) is 32.4 Å². The van der Waals surface area contributed by atoms with E-state index in [-0.39, 0.29) is 12.1 Å². The third kappa shape index (κ3) is 4.63. The molecule has 1 aromatic rings. The highest BCUT2D eigenvalue weighted by molar-refractivity contribution is 6.30. The molecule has 0 aliphatic heterocycles. The summed E-state index contributed by atoms with van der Waals surface area (Å²) in [5.41, 5.74) is 0.916. The number of carboxylic acids is 1. The number of amides is 2. The number of halogens is 1. The monoisotopic (exact) mass is 312 g/mol. The maximum absolute atomic E-state index is 12.2. The number of nitrogens with zero attached hydrogens (tertiary/aromatic N) is 1. The van der Waals surface area contributed by atoms with E-state index < -0.39 is 17.9 Å². The lowest BCUT2D eigenvalue weighted by atomic mass is 10.0. The molecule has 116 valence electrons. The van der Waals surface area contributed by atoms with Crippen molar-refractivity contribution in [3.8, 4) is 0 Å². The van der Waals surface area contributed by atoms with Crippen molar-refractivity contribution in [1.29, 1.82) is 0 Å². The third-order valence-corrected chi connectivity index (χ3v) is 3.96. The minimum atomic E-state index is -0.937. The average Bonchev–Trinajstić information content (AvgIpc) is 2.44. The Morgan fingerprint density at radius 1 is 1.29 bits per heavy atom. The van der Waals surface area contributed by atoms with Gasteiger partial charge in [-0.15, -0.1) is 0 Å². The molecule has 0 spiro atoms. The quantitative estimate of drug-likeness (QED) is 0.877. The number of carbonyl (C=O) groups is 2. The first-order chi connectivity index (χ1) is 9.73. The molecule has 0 radical (unpaired) electrons. The van der Waals surface area contributed by atoms with Gasteiger partial charge in [-0.2, -0.15) is 0 Å². The first-order valence-corrected chi connectivity index (χ1v) is 7.13. The van der Waals surface area contributed by atoms with Crippen molar-refractivity contribution in [3.05, 3.63) is 34.9 Å². The maximum atomic E-state index is 12.2. The van der Waals surface area contributed by atoms with Crippen LogP contribution in [0.2, 0.25) is 5.02 Å². The molecule has 3 atom stereocenters. The van der Waals surface area contributed by atoms with Crippen LogP contribution in [0.3, 0.4) is 0 Å². The molecule has 1 aromatic carbocycles. The molecule has 2 amide bonds. The van der Waals surface area contributed by atoms with Crippen LogP contribution in [0.25, 0.3) is 0 Å². The number of hydrogen-bond donors (Lipinski definition) is 2. The van der Waals surface area contributed by atoms with E-state index in [1.807, 2.05) is 19.1 Å². The predicted molar refractivity (Wildman–Crippen MR) is 82.4 cm³/mol. The van der Waals surface area contributed by atoms with Gasteiger partial charge in [-0.25, -0.2) is 4.79 Å². The fraction of sp³-hybridized carbons (Fsp3) is 0.467. The molecule has 0 heterocycles. The van der Waals surface area contributed by atoms with Crippen LogP contribution in [0, 0.1) is 5.92 Å². The van der Waals surface area contributed by atoms with E-state index in [1.165, 1.54) is 4.90 Å². The Bertz CT molecular complexity index is 521. The zero-order valence-corrected chi connectivity index (χ0v) is 13.4. The van der Waals surface area contributed by atoms with Gasteiger partial charge in [0, 0.05) is 18.1 Å². The van der Waals surface area contributed by atoms with Crippen LogP contribution in [0.15, 0.2) is 24.3 Å². The van der Waals surface area contributed by atoms with E-state index in [1.54, 1.807) is 33.0 Å². The summed E-state index contributed by atoms with van der Waals surface area (Å²) in [6.07, 6.45) is 0. The molecule has 3 unspecified atom stereocenters. The number of hydrogen-bond acceptors (Lipinski definition) is 2. The van der Waals surface area contributed by atoms with Gasteiger partial charge in [0.25, 0.3) is 0 Å². The summed E-state index contributed by atoms with van der Waals surface area (Å²) in [5, 5.41) is 12.3. The van der Waals surface area contributed by atoms with Crippen molar-refractivity contribution in [1.82, 2.24) is 10.2 Å². The Kier molecular flexibility index (Phi) is 6.03. The van der Waals surface area contributed by atoms with Crippen LogP contribution in [-0.4, -0.2) is 35.1 Å². The molecule has 0 saturated heterocycles. The minimum Gasteiger partial charge on any atom is -0.481 e. The summed E-state index contributed by atoms with van der Waals surface area (Å²) in [6, 6.07) is 6.36. The van der Waals surface area contributed by atoms with Crippen LogP contribution in [0.5, 0.6) is 0 Å². The number of aliphatic carboxylic acids is 1. The molecule has 0 aromatic heterocycles. The fourth-order valence-electron chi connectivity index (χ4n) is 1.80. The molecule has 21 heavy (non-hydrogen) atoms. The summed E-state index contributed by atoms with van der Waals surface area (Å²) >= 11 is 5.95. The molecule has 5 nitrogen and oxygen atoms in total. The second kappa shape index (κ2) is 7.31. The SMILES string of the molecule is CC(NC(=O)N(C)C(C)c1cccc(Cl)c1)C(C)C(=O)O. The molecule has 0 saturated carbocycles. The van der Waals surface area contributed by atoms with Gasteiger partial charge in [-0.3, -0.25) is 4.79 Å². The molecule has 0 aliphatic carbocycles. The van der Waals surface area contributed by atoms with Gasteiger partial charge in [-0.05, 0) is 38.5 Å². The fourth-order valence-corrected chi connectivity index (χ4v) is 2.00. The smallest absolute Gasteiger partial charge is 0.317 e. The van der Waals surface area contributed by atoms with E-state index in [9.17, 15) is 9.59 Å². The van der Waals surface area contributed by atoms with E-state index in [4.69, 9.17) is 16.7 Å². The lowest BCUT2D eigenvalue weighted by molar-refractivity contribution is -0.141. The molecular formula is C15H21ClN2O3. The largest absolute Gasteiger partial charge is 0.481 e. The zero-order chi connectivity index (χ0) is 16.2. The Balaban J connectivity index is 2.72. The Morgan fingerprint density at radius 3 is 2.43 bits per heavy atom. The predicted octanol–water partition coefficient (Wildman–Crippen LogP) is 3.15. The van der Waals surface area contributed by atoms with Crippen molar-refractivity contribution in [3.63, 3.8) is 0 Å². The van der Waals surface area contributed by atoms with Crippen molar-refractivity contribution in [2.24, 2.45) is 5.92 Å². The van der Waals surface area contributed by atoms with Gasteiger partial charge in [0.05, 0.1) is 12.0 Å². The maximum Gasteiger partial charge on any atom is 0.317 e. The van der Waals surface area contributed by atoms with Crippen molar-refractivity contribution in [2.45, 2.75) is 32.9 Å². The summed E-state index contributed by atoms with van der Waals surface area (Å²) in [6.45, 7) is 5.12. The molecule has 0 bridgehead atoms. The number of rotatable bonds is 5. The lowest BCUT2D eigenvalue weighted by Gasteiger charge is -2.28. The first-order valence-electron chi connectivity index (χ1n) is 6.75. The number of nitrogens with one attached hydrogen (secondary N) is 1. The van der Waals surface area contributed by atoms with Gasteiger partial charge in [0.1, 0.15) is 0 Å². The van der Waals surface area contributed by atoms with Crippen molar-refractivity contribution >= 4 is 23.6 Å². The van der Waals surface area contributed by atoms with Crippen LogP contribution >= 0.6 is 11.6 Å². The Morgan fingerprint density at radius 2 is 1.90 bits per heavy atom. The molecule has 6 heteroatoms. The lowest BCUT2D eigenvalue weighted by Crippen LogP contribution is -2.46. The van der Waals surface area contributed by atoms with Gasteiger partial charge in [0.2, 0.25) is 0 Å². The molecule has 0 aliphatic rings. The second-order valence-corrected chi connectivity index (χ2v) is 5.64. The second-order valence-electron chi connectivity index (χ2n) is 5.21. The molecule has 0 fully saturated rings. The summed E-state index contributed by atoms with van der Waals surface area (Å²) < 4.78 is 0. The number of carbonyl (C=O) groups excluding carboxylic acids is 1. The standard InChI is InChI=1S/C15H21ClN2O3/c1-9(14(19)20)10(2)17-15(21)18(4)11(3)12-6-5-7-13(16)8-12/h5-11H,1-4H3,(H,17,21)(H,19,20). The molecular weight excluding hydrogens is 292 g/mol. The third-order valence-electron chi connectivity index (χ3n) is 3.72. The summed E-state index contributed by atoms with van der Waals surface area (Å²) in [4.78, 5) is 24.6. The zero-order valence-electron chi connectivity index (χ0n) is 12.6. The van der Waals surface area contributed by atoms with Crippen LogP contribution in [0.4, 0.5) is 4.79 Å². The van der Waals surface area contributed by atoms with Crippen molar-refractivity contribution in [2.75, 3.05) is 7.05 Å². The van der Waals surface area contributed by atoms with Crippen LogP contribution in [-0.2, 0) is 4.79 Å². The Hall–Kier alpha value is -1.75. The van der Waals surface area contributed by atoms with E-state index in [0.29, 0.717) is 5.02 Å². The number of carboxylic acid groups (broad SMARTS) is 1. The number of urea groups is 1. The summed E-state index contributed by atoms with van der Waals surface area (Å²) in [7, 11) is 1.67. The Labute approximate surface area is 129 Å². The van der Waals surface area contributed by atoms with Crippen LogP contribution < -0.4 is 5.32 Å². The van der Waals surface area contributed by atoms with Crippen molar-refractivity contribution < 1.29 is 14.7 Å².